The summed E-state index contributed by atoms with van der Waals surface area (Å²) < 4.78 is 46.8. The van der Waals surface area contributed by atoms with Gasteiger partial charge in [-0.05, 0) is 43.5 Å². The number of alkyl halides is 3. The Morgan fingerprint density at radius 2 is 1.78 bits per heavy atom. The summed E-state index contributed by atoms with van der Waals surface area (Å²) in [4.78, 5) is 27.8. The molecule has 0 aliphatic carbocycles. The molecule has 32 heavy (non-hydrogen) atoms. The fourth-order valence-electron chi connectivity index (χ4n) is 5.71. The molecule has 3 aliphatic heterocycles. The van der Waals surface area contributed by atoms with Gasteiger partial charge < -0.3 is 4.74 Å². The van der Waals surface area contributed by atoms with Crippen molar-refractivity contribution in [2.24, 2.45) is 11.8 Å². The number of nitrogens with zero attached hydrogens (tertiary/aromatic N) is 2. The summed E-state index contributed by atoms with van der Waals surface area (Å²) in [6, 6.07) is 14.0. The van der Waals surface area contributed by atoms with E-state index in [0.717, 1.165) is 16.5 Å². The van der Waals surface area contributed by atoms with E-state index in [2.05, 4.69) is 0 Å². The van der Waals surface area contributed by atoms with Gasteiger partial charge in [-0.2, -0.15) is 18.4 Å². The SMILES string of the molecule is CC12CCC(Cc3ccccc3)(O1)[C@H]1C(=O)N(c3ccc(C#N)c(C(F)(F)F)c3)C(=O)[C@H]12. The van der Waals surface area contributed by atoms with Crippen molar-refractivity contribution in [1.82, 2.24) is 0 Å². The molecule has 0 saturated carbocycles. The fourth-order valence-corrected chi connectivity index (χ4v) is 5.71. The largest absolute Gasteiger partial charge is 0.417 e. The van der Waals surface area contributed by atoms with Crippen LogP contribution in [0.25, 0.3) is 0 Å². The number of ether oxygens (including phenoxy) is 1. The highest BCUT2D eigenvalue weighted by molar-refractivity contribution is 6.23. The standard InChI is InChI=1S/C24H19F3N2O3/c1-22-9-10-23(32-22,12-14-5-3-2-4-6-14)19-18(22)20(30)29(21(19)31)16-8-7-15(13-28)17(11-16)24(25,26)27/h2-8,11,18-19H,9-10,12H2,1H3/t18-,19+,22?,23?/m0/s1. The quantitative estimate of drug-likeness (QED) is 0.670. The summed E-state index contributed by atoms with van der Waals surface area (Å²) in [6.07, 6.45) is -3.16. The number of fused-ring (bicyclic) bond motifs is 5. The van der Waals surface area contributed by atoms with Crippen LogP contribution in [0.2, 0.25) is 0 Å². The van der Waals surface area contributed by atoms with Gasteiger partial charge >= 0.3 is 6.18 Å². The molecule has 5 nitrogen and oxygen atoms in total. The maximum Gasteiger partial charge on any atom is 0.417 e. The molecule has 2 aromatic carbocycles. The van der Waals surface area contributed by atoms with Crippen molar-refractivity contribution in [3.05, 3.63) is 65.2 Å². The molecule has 3 heterocycles. The minimum absolute atomic E-state index is 0.168. The molecule has 0 aromatic heterocycles. The van der Waals surface area contributed by atoms with Crippen LogP contribution in [-0.2, 0) is 26.9 Å². The molecule has 0 radical (unpaired) electrons. The molecule has 3 fully saturated rings. The van der Waals surface area contributed by atoms with Gasteiger partial charge in [0, 0.05) is 6.42 Å². The summed E-state index contributed by atoms with van der Waals surface area (Å²) >= 11 is 0. The van der Waals surface area contributed by atoms with Gasteiger partial charge in [-0.25, -0.2) is 4.90 Å². The number of amides is 2. The summed E-state index contributed by atoms with van der Waals surface area (Å²) in [5.41, 5.74) is -2.65. The first-order valence-corrected chi connectivity index (χ1v) is 10.3. The van der Waals surface area contributed by atoms with Crippen LogP contribution in [0.15, 0.2) is 48.5 Å². The third kappa shape index (κ3) is 2.81. The van der Waals surface area contributed by atoms with Crippen LogP contribution in [0.3, 0.4) is 0 Å². The van der Waals surface area contributed by atoms with Gasteiger partial charge in [-0.1, -0.05) is 30.3 Å². The van der Waals surface area contributed by atoms with Crippen LogP contribution < -0.4 is 4.90 Å². The molecule has 164 valence electrons. The number of nitriles is 1. The average Bonchev–Trinajstić information content (AvgIpc) is 3.32. The molecule has 5 rings (SSSR count). The second kappa shape index (κ2) is 6.66. The Labute approximate surface area is 182 Å². The van der Waals surface area contributed by atoms with Crippen LogP contribution in [0.4, 0.5) is 18.9 Å². The minimum atomic E-state index is -4.79. The van der Waals surface area contributed by atoms with E-state index in [1.807, 2.05) is 30.3 Å². The van der Waals surface area contributed by atoms with Crippen molar-refractivity contribution in [3.8, 4) is 6.07 Å². The van der Waals surface area contributed by atoms with Crippen LogP contribution in [0.5, 0.6) is 0 Å². The second-order valence-corrected chi connectivity index (χ2v) is 8.95. The average molecular weight is 440 g/mol. The maximum atomic E-state index is 13.5. The Morgan fingerprint density at radius 3 is 2.44 bits per heavy atom. The third-order valence-corrected chi connectivity index (χ3v) is 7.05. The van der Waals surface area contributed by atoms with E-state index >= 15 is 0 Å². The van der Waals surface area contributed by atoms with Gasteiger partial charge in [-0.3, -0.25) is 9.59 Å². The summed E-state index contributed by atoms with van der Waals surface area (Å²) in [6.45, 7) is 1.80. The lowest BCUT2D eigenvalue weighted by atomic mass is 9.66. The monoisotopic (exact) mass is 440 g/mol. The second-order valence-electron chi connectivity index (χ2n) is 8.95. The number of hydrogen-bond acceptors (Lipinski definition) is 4. The van der Waals surface area contributed by atoms with E-state index in [0.29, 0.717) is 25.3 Å². The number of hydrogen-bond donors (Lipinski definition) is 0. The first-order valence-electron chi connectivity index (χ1n) is 10.3. The lowest BCUT2D eigenvalue weighted by molar-refractivity contribution is -0.138. The number of carbonyl (C=O) groups is 2. The number of anilines is 1. The molecule has 2 aromatic rings. The lowest BCUT2D eigenvalue weighted by Gasteiger charge is -2.31. The summed E-state index contributed by atoms with van der Waals surface area (Å²) in [7, 11) is 0. The fraction of sp³-hybridized carbons (Fsp3) is 0.375. The molecule has 8 heteroatoms. The van der Waals surface area contributed by atoms with Crippen molar-refractivity contribution in [2.45, 2.75) is 43.6 Å². The Kier molecular flexibility index (Phi) is 4.31. The zero-order valence-electron chi connectivity index (χ0n) is 17.1. The first kappa shape index (κ1) is 20.7. The van der Waals surface area contributed by atoms with E-state index in [1.165, 1.54) is 12.1 Å². The Bertz CT molecular complexity index is 1170. The zero-order valence-corrected chi connectivity index (χ0v) is 17.1. The highest BCUT2D eigenvalue weighted by atomic mass is 19.4. The van der Waals surface area contributed by atoms with Gasteiger partial charge in [0.15, 0.2) is 0 Å². The predicted octanol–water partition coefficient (Wildman–Crippen LogP) is 4.25. The van der Waals surface area contributed by atoms with Crippen LogP contribution in [0, 0.1) is 23.2 Å². The Hall–Kier alpha value is -3.18. The molecule has 2 bridgehead atoms. The van der Waals surface area contributed by atoms with Crippen LogP contribution >= 0.6 is 0 Å². The van der Waals surface area contributed by atoms with Crippen molar-refractivity contribution in [3.63, 3.8) is 0 Å². The molecule has 2 unspecified atom stereocenters. The molecular formula is C24H19F3N2O3. The number of imide groups is 1. The Balaban J connectivity index is 1.56. The normalized spacial score (nSPS) is 31.2. The van der Waals surface area contributed by atoms with Gasteiger partial charge in [-0.15, -0.1) is 0 Å². The Morgan fingerprint density at radius 1 is 1.09 bits per heavy atom. The van der Waals surface area contributed by atoms with Crippen molar-refractivity contribution < 1.29 is 27.5 Å². The molecule has 3 aliphatic rings. The van der Waals surface area contributed by atoms with Gasteiger partial charge in [0.1, 0.15) is 0 Å². The van der Waals surface area contributed by atoms with Crippen LogP contribution in [-0.4, -0.2) is 23.0 Å². The van der Waals surface area contributed by atoms with Crippen molar-refractivity contribution in [2.75, 3.05) is 4.90 Å². The summed E-state index contributed by atoms with van der Waals surface area (Å²) in [5.74, 6) is -2.61. The lowest BCUT2D eigenvalue weighted by Crippen LogP contribution is -2.43. The molecule has 2 amide bonds. The summed E-state index contributed by atoms with van der Waals surface area (Å²) in [5, 5.41) is 9.04. The van der Waals surface area contributed by atoms with Gasteiger partial charge in [0.25, 0.3) is 0 Å². The smallest absolute Gasteiger partial charge is 0.367 e. The number of halogens is 3. The topological polar surface area (TPSA) is 70.4 Å². The molecular weight excluding hydrogens is 421 g/mol. The maximum absolute atomic E-state index is 13.5. The zero-order chi connectivity index (χ0) is 22.9. The minimum Gasteiger partial charge on any atom is -0.367 e. The first-order chi connectivity index (χ1) is 15.1. The van der Waals surface area contributed by atoms with E-state index in [9.17, 15) is 22.8 Å². The number of carbonyl (C=O) groups excluding carboxylic acids is 2. The predicted molar refractivity (Wildman–Crippen MR) is 107 cm³/mol. The molecule has 0 spiro atoms. The van der Waals surface area contributed by atoms with E-state index in [4.69, 9.17) is 10.00 Å². The van der Waals surface area contributed by atoms with E-state index < -0.39 is 52.2 Å². The van der Waals surface area contributed by atoms with Crippen LogP contribution in [0.1, 0.15) is 36.5 Å². The van der Waals surface area contributed by atoms with E-state index in [1.54, 1.807) is 6.92 Å². The third-order valence-electron chi connectivity index (χ3n) is 7.05. The highest BCUT2D eigenvalue weighted by Crippen LogP contribution is 2.62. The van der Waals surface area contributed by atoms with Crippen molar-refractivity contribution >= 4 is 17.5 Å². The van der Waals surface area contributed by atoms with E-state index in [-0.39, 0.29) is 5.69 Å². The van der Waals surface area contributed by atoms with Gasteiger partial charge in [0.05, 0.1) is 45.9 Å². The molecule has 3 saturated heterocycles. The molecule has 4 atom stereocenters. The van der Waals surface area contributed by atoms with Crippen molar-refractivity contribution in [1.29, 1.82) is 5.26 Å². The number of benzene rings is 2. The van der Waals surface area contributed by atoms with Gasteiger partial charge in [0.2, 0.25) is 11.8 Å². The number of rotatable bonds is 3. The molecule has 0 N–H and O–H groups in total. The highest BCUT2D eigenvalue weighted by Gasteiger charge is 2.73.